The van der Waals surface area contributed by atoms with E-state index < -0.39 is 10.0 Å². The molecule has 1 heterocycles. The van der Waals surface area contributed by atoms with Crippen LogP contribution >= 0.6 is 0 Å². The average Bonchev–Trinajstić information content (AvgIpc) is 2.79. The third-order valence-corrected chi connectivity index (χ3v) is 4.47. The number of benzene rings is 1. The maximum absolute atomic E-state index is 11.9. The lowest BCUT2D eigenvalue weighted by Gasteiger charge is -2.11. The van der Waals surface area contributed by atoms with Gasteiger partial charge in [-0.05, 0) is 25.5 Å². The Morgan fingerprint density at radius 2 is 2.11 bits per heavy atom. The van der Waals surface area contributed by atoms with Crippen molar-refractivity contribution in [3.8, 4) is 0 Å². The number of aromatic nitrogens is 3. The monoisotopic (exact) mass is 282 g/mol. The number of hydrogen-bond donors (Lipinski definition) is 1. The van der Waals surface area contributed by atoms with Gasteiger partial charge in [0.05, 0.1) is 17.8 Å². The molecule has 1 aromatic carbocycles. The van der Waals surface area contributed by atoms with Crippen molar-refractivity contribution in [2.45, 2.75) is 32.9 Å². The van der Waals surface area contributed by atoms with Crippen LogP contribution in [0.1, 0.15) is 20.3 Å². The molecule has 0 saturated carbocycles. The molecule has 1 aromatic heterocycles. The number of fused-ring (bicyclic) bond motifs is 1. The molecule has 2 rings (SSSR count). The van der Waals surface area contributed by atoms with Gasteiger partial charge >= 0.3 is 0 Å². The number of para-hydroxylation sites is 1. The lowest BCUT2D eigenvalue weighted by atomic mass is 10.3. The fourth-order valence-electron chi connectivity index (χ4n) is 1.74. The normalized spacial score (nSPS) is 13.8. The van der Waals surface area contributed by atoms with Crippen molar-refractivity contribution in [2.24, 2.45) is 0 Å². The first-order valence-corrected chi connectivity index (χ1v) is 7.95. The quantitative estimate of drug-likeness (QED) is 0.862. The second kappa shape index (κ2) is 5.66. The molecule has 7 heteroatoms. The van der Waals surface area contributed by atoms with Gasteiger partial charge < -0.3 is 0 Å². The Balaban J connectivity index is 2.06. The Labute approximate surface area is 112 Å². The molecule has 0 fully saturated rings. The van der Waals surface area contributed by atoms with Crippen LogP contribution in [0.4, 0.5) is 0 Å². The highest BCUT2D eigenvalue weighted by molar-refractivity contribution is 7.89. The molecule has 19 heavy (non-hydrogen) atoms. The molecule has 1 N–H and O–H groups in total. The molecule has 2 aromatic rings. The average molecular weight is 282 g/mol. The lowest BCUT2D eigenvalue weighted by Crippen LogP contribution is -2.35. The highest BCUT2D eigenvalue weighted by Crippen LogP contribution is 2.09. The number of nitrogens with zero attached hydrogens (tertiary/aromatic N) is 3. The van der Waals surface area contributed by atoms with E-state index in [1.807, 2.05) is 38.1 Å². The Morgan fingerprint density at radius 1 is 1.37 bits per heavy atom. The van der Waals surface area contributed by atoms with E-state index in [2.05, 4.69) is 15.0 Å². The van der Waals surface area contributed by atoms with Gasteiger partial charge in [-0.3, -0.25) is 0 Å². The topological polar surface area (TPSA) is 76.9 Å². The molecule has 0 radical (unpaired) electrons. The van der Waals surface area contributed by atoms with Gasteiger partial charge in [-0.1, -0.05) is 24.3 Å². The molecule has 0 unspecified atom stereocenters. The van der Waals surface area contributed by atoms with Crippen LogP contribution in [0.3, 0.4) is 0 Å². The molecule has 0 aliphatic rings. The van der Waals surface area contributed by atoms with Gasteiger partial charge in [-0.2, -0.15) is 0 Å². The lowest BCUT2D eigenvalue weighted by molar-refractivity contribution is 0.545. The van der Waals surface area contributed by atoms with Crippen LogP contribution in [-0.4, -0.2) is 35.2 Å². The molecular formula is C12H18N4O2S. The second-order valence-corrected chi connectivity index (χ2v) is 6.42. The Bertz CT molecular complexity index is 651. The maximum atomic E-state index is 11.9. The summed E-state index contributed by atoms with van der Waals surface area (Å²) in [6.07, 6.45) is 0.769. The molecule has 1 atom stereocenters. The molecule has 0 aliphatic carbocycles. The smallest absolute Gasteiger partial charge is 0.213 e. The third-order valence-electron chi connectivity index (χ3n) is 2.99. The first kappa shape index (κ1) is 14.0. The second-order valence-electron chi connectivity index (χ2n) is 4.55. The van der Waals surface area contributed by atoms with Gasteiger partial charge in [0.2, 0.25) is 10.0 Å². The molecule has 104 valence electrons. The van der Waals surface area contributed by atoms with Crippen LogP contribution in [0.15, 0.2) is 24.3 Å². The number of hydrogen-bond acceptors (Lipinski definition) is 4. The molecule has 0 spiro atoms. The summed E-state index contributed by atoms with van der Waals surface area (Å²) in [4.78, 5) is 0. The van der Waals surface area contributed by atoms with E-state index in [1.165, 1.54) is 0 Å². The molecule has 0 saturated heterocycles. The van der Waals surface area contributed by atoms with Crippen molar-refractivity contribution in [1.82, 2.24) is 19.7 Å². The summed E-state index contributed by atoms with van der Waals surface area (Å²) >= 11 is 0. The van der Waals surface area contributed by atoms with Crippen LogP contribution < -0.4 is 4.72 Å². The molecule has 0 aliphatic heterocycles. The van der Waals surface area contributed by atoms with Crippen molar-refractivity contribution < 1.29 is 8.42 Å². The SMILES string of the molecule is CC[C@H](C)NS(=O)(=O)CCn1nnc2ccccc21. The van der Waals surface area contributed by atoms with Gasteiger partial charge in [0.1, 0.15) is 5.52 Å². The van der Waals surface area contributed by atoms with Gasteiger partial charge in [-0.25, -0.2) is 17.8 Å². The minimum absolute atomic E-state index is 0.00466. The van der Waals surface area contributed by atoms with E-state index in [0.29, 0.717) is 6.54 Å². The summed E-state index contributed by atoms with van der Waals surface area (Å²) in [7, 11) is -3.28. The fourth-order valence-corrected chi connectivity index (χ4v) is 3.05. The van der Waals surface area contributed by atoms with E-state index in [-0.39, 0.29) is 11.8 Å². The highest BCUT2D eigenvalue weighted by Gasteiger charge is 2.14. The Kier molecular flexibility index (Phi) is 4.16. The van der Waals surface area contributed by atoms with Crippen LogP contribution in [-0.2, 0) is 16.6 Å². The van der Waals surface area contributed by atoms with Crippen LogP contribution in [0.25, 0.3) is 11.0 Å². The fraction of sp³-hybridized carbons (Fsp3) is 0.500. The summed E-state index contributed by atoms with van der Waals surface area (Å²) in [6.45, 7) is 4.09. The highest BCUT2D eigenvalue weighted by atomic mass is 32.2. The number of sulfonamides is 1. The van der Waals surface area contributed by atoms with Crippen molar-refractivity contribution in [1.29, 1.82) is 0 Å². The predicted octanol–water partition coefficient (Wildman–Crippen LogP) is 1.15. The van der Waals surface area contributed by atoms with Crippen molar-refractivity contribution >= 4 is 21.1 Å². The molecular weight excluding hydrogens is 264 g/mol. The van der Waals surface area contributed by atoms with E-state index in [4.69, 9.17) is 0 Å². The molecule has 6 nitrogen and oxygen atoms in total. The van der Waals surface area contributed by atoms with Crippen LogP contribution in [0.5, 0.6) is 0 Å². The number of nitrogens with one attached hydrogen (secondary N) is 1. The zero-order chi connectivity index (χ0) is 13.9. The van der Waals surface area contributed by atoms with Crippen LogP contribution in [0, 0.1) is 0 Å². The van der Waals surface area contributed by atoms with E-state index in [0.717, 1.165) is 17.5 Å². The summed E-state index contributed by atoms with van der Waals surface area (Å²) < 4.78 is 28.0. The summed E-state index contributed by atoms with van der Waals surface area (Å²) in [5.41, 5.74) is 1.62. The first-order chi connectivity index (χ1) is 9.02. The Hall–Kier alpha value is -1.47. The van der Waals surface area contributed by atoms with Crippen molar-refractivity contribution in [3.63, 3.8) is 0 Å². The largest absolute Gasteiger partial charge is 0.244 e. The summed E-state index contributed by atoms with van der Waals surface area (Å²) in [5, 5.41) is 7.97. The van der Waals surface area contributed by atoms with Crippen molar-refractivity contribution in [3.05, 3.63) is 24.3 Å². The maximum Gasteiger partial charge on any atom is 0.213 e. The minimum Gasteiger partial charge on any atom is -0.244 e. The number of aryl methyl sites for hydroxylation is 1. The minimum atomic E-state index is -3.28. The third kappa shape index (κ3) is 3.51. The van der Waals surface area contributed by atoms with Crippen LogP contribution in [0.2, 0.25) is 0 Å². The first-order valence-electron chi connectivity index (χ1n) is 6.30. The van der Waals surface area contributed by atoms with Gasteiger partial charge in [0.25, 0.3) is 0 Å². The van der Waals surface area contributed by atoms with Gasteiger partial charge in [0.15, 0.2) is 0 Å². The molecule has 0 amide bonds. The Morgan fingerprint density at radius 3 is 2.84 bits per heavy atom. The van der Waals surface area contributed by atoms with Crippen molar-refractivity contribution in [2.75, 3.05) is 5.75 Å². The van der Waals surface area contributed by atoms with Gasteiger partial charge in [-0.15, -0.1) is 5.10 Å². The zero-order valence-electron chi connectivity index (χ0n) is 11.1. The van der Waals surface area contributed by atoms with Gasteiger partial charge in [0, 0.05) is 6.04 Å². The van der Waals surface area contributed by atoms with E-state index in [1.54, 1.807) is 4.68 Å². The standard InChI is InChI=1S/C12H18N4O2S/c1-3-10(2)14-19(17,18)9-8-16-12-7-5-4-6-11(12)13-15-16/h4-7,10,14H,3,8-9H2,1-2H3/t10-/m0/s1. The summed E-state index contributed by atoms with van der Waals surface area (Å²) in [6, 6.07) is 7.45. The van der Waals surface area contributed by atoms with E-state index in [9.17, 15) is 8.42 Å². The van der Waals surface area contributed by atoms with E-state index >= 15 is 0 Å². The number of rotatable bonds is 6. The summed E-state index contributed by atoms with van der Waals surface area (Å²) in [5.74, 6) is 0.00466. The molecule has 0 bridgehead atoms. The zero-order valence-corrected chi connectivity index (χ0v) is 11.9. The predicted molar refractivity (Wildman–Crippen MR) is 74.2 cm³/mol.